The highest BCUT2D eigenvalue weighted by molar-refractivity contribution is 5.69. The maximum atomic E-state index is 5.85. The molecule has 0 fully saturated rings. The summed E-state index contributed by atoms with van der Waals surface area (Å²) in [5.41, 5.74) is 8.93. The fraction of sp³-hybridized carbons (Fsp3) is 0.312. The van der Waals surface area contributed by atoms with Crippen molar-refractivity contribution in [3.63, 3.8) is 0 Å². The number of benzene rings is 1. The minimum atomic E-state index is -0.0381. The molecule has 1 atom stereocenters. The Labute approximate surface area is 119 Å². The fourth-order valence-corrected chi connectivity index (χ4v) is 2.42. The van der Waals surface area contributed by atoms with Crippen molar-refractivity contribution >= 4 is 11.4 Å². The molecule has 1 aromatic carbocycles. The van der Waals surface area contributed by atoms with E-state index in [1.54, 1.807) is 0 Å². The zero-order chi connectivity index (χ0) is 13.9. The second-order valence-electron chi connectivity index (χ2n) is 5.05. The van der Waals surface area contributed by atoms with Gasteiger partial charge in [-0.25, -0.2) is 0 Å². The largest absolute Gasteiger partial charge is 0.491 e. The molecule has 2 aromatic rings. The summed E-state index contributed by atoms with van der Waals surface area (Å²) in [4.78, 5) is 6.70. The number of ether oxygens (including phenoxy) is 1. The van der Waals surface area contributed by atoms with Gasteiger partial charge in [-0.1, -0.05) is 12.1 Å². The minimum absolute atomic E-state index is 0.0381. The molecule has 0 bridgehead atoms. The summed E-state index contributed by atoms with van der Waals surface area (Å²) in [6.45, 7) is 3.62. The number of para-hydroxylation sites is 2. The minimum Gasteiger partial charge on any atom is -0.491 e. The van der Waals surface area contributed by atoms with E-state index in [0.29, 0.717) is 0 Å². The summed E-state index contributed by atoms with van der Waals surface area (Å²) in [6, 6.07) is 12.2. The molecule has 0 saturated heterocycles. The molecule has 2 heterocycles. The van der Waals surface area contributed by atoms with Gasteiger partial charge in [0.2, 0.25) is 0 Å². The second kappa shape index (κ2) is 5.51. The van der Waals surface area contributed by atoms with E-state index < -0.39 is 0 Å². The van der Waals surface area contributed by atoms with Crippen LogP contribution in [0.5, 0.6) is 5.75 Å². The Morgan fingerprint density at radius 2 is 2.10 bits per heavy atom. The van der Waals surface area contributed by atoms with E-state index in [9.17, 15) is 0 Å². The highest BCUT2D eigenvalue weighted by atomic mass is 16.5. The van der Waals surface area contributed by atoms with Crippen LogP contribution in [0.25, 0.3) is 0 Å². The van der Waals surface area contributed by atoms with Gasteiger partial charge in [-0.3, -0.25) is 4.98 Å². The Hall–Kier alpha value is -2.07. The van der Waals surface area contributed by atoms with E-state index in [-0.39, 0.29) is 6.04 Å². The molecule has 104 valence electrons. The van der Waals surface area contributed by atoms with E-state index >= 15 is 0 Å². The number of hydrogen-bond donors (Lipinski definition) is 1. The second-order valence-corrected chi connectivity index (χ2v) is 5.05. The standard InChI is InChI=1S/C16H19N3O/c1-12(17)14-8-7-13(11-18-14)19-9-4-10-20-16-6-3-2-5-15(16)19/h2-3,5-8,11-12H,4,9-10,17H2,1H3. The number of fused-ring (bicyclic) bond motifs is 1. The summed E-state index contributed by atoms with van der Waals surface area (Å²) in [5.74, 6) is 0.932. The molecule has 0 saturated carbocycles. The van der Waals surface area contributed by atoms with E-state index in [1.165, 1.54) is 0 Å². The number of hydrogen-bond acceptors (Lipinski definition) is 4. The molecule has 1 unspecified atom stereocenters. The Kier molecular flexibility index (Phi) is 3.56. The predicted octanol–water partition coefficient (Wildman–Crippen LogP) is 3.02. The van der Waals surface area contributed by atoms with Gasteiger partial charge in [-0.2, -0.15) is 0 Å². The zero-order valence-electron chi connectivity index (χ0n) is 11.6. The summed E-state index contributed by atoms with van der Waals surface area (Å²) < 4.78 is 5.78. The first-order valence-corrected chi connectivity index (χ1v) is 6.96. The van der Waals surface area contributed by atoms with Crippen LogP contribution in [0.2, 0.25) is 0 Å². The van der Waals surface area contributed by atoms with Crippen LogP contribution in [0, 0.1) is 0 Å². The smallest absolute Gasteiger partial charge is 0.142 e. The van der Waals surface area contributed by atoms with Gasteiger partial charge >= 0.3 is 0 Å². The Morgan fingerprint density at radius 1 is 1.25 bits per heavy atom. The van der Waals surface area contributed by atoms with Crippen molar-refractivity contribution in [2.45, 2.75) is 19.4 Å². The van der Waals surface area contributed by atoms with Gasteiger partial charge in [0.1, 0.15) is 5.75 Å². The number of rotatable bonds is 2. The molecule has 1 aliphatic rings. The van der Waals surface area contributed by atoms with Crippen LogP contribution >= 0.6 is 0 Å². The molecule has 0 spiro atoms. The third-order valence-electron chi connectivity index (χ3n) is 3.49. The first-order chi connectivity index (χ1) is 9.75. The van der Waals surface area contributed by atoms with Crippen LogP contribution < -0.4 is 15.4 Å². The van der Waals surface area contributed by atoms with Crippen molar-refractivity contribution in [2.24, 2.45) is 5.73 Å². The van der Waals surface area contributed by atoms with Crippen LogP contribution in [0.3, 0.4) is 0 Å². The first-order valence-electron chi connectivity index (χ1n) is 6.96. The average Bonchev–Trinajstić information content (AvgIpc) is 2.69. The fourth-order valence-electron chi connectivity index (χ4n) is 2.42. The van der Waals surface area contributed by atoms with Gasteiger partial charge in [-0.05, 0) is 37.6 Å². The normalized spacial score (nSPS) is 16.0. The molecule has 1 aliphatic heterocycles. The highest BCUT2D eigenvalue weighted by Gasteiger charge is 2.17. The van der Waals surface area contributed by atoms with Crippen molar-refractivity contribution in [1.82, 2.24) is 4.98 Å². The van der Waals surface area contributed by atoms with Crippen LogP contribution in [0.15, 0.2) is 42.6 Å². The Bertz CT molecular complexity index is 581. The Morgan fingerprint density at radius 3 is 2.85 bits per heavy atom. The lowest BCUT2D eigenvalue weighted by atomic mass is 10.2. The number of nitrogens with zero attached hydrogens (tertiary/aromatic N) is 2. The molecule has 4 nitrogen and oxygen atoms in total. The number of anilines is 2. The van der Waals surface area contributed by atoms with Crippen LogP contribution in [-0.4, -0.2) is 18.1 Å². The van der Waals surface area contributed by atoms with E-state index in [2.05, 4.69) is 22.0 Å². The molecule has 3 rings (SSSR count). The monoisotopic (exact) mass is 269 g/mol. The van der Waals surface area contributed by atoms with Gasteiger partial charge in [0.05, 0.1) is 29.9 Å². The van der Waals surface area contributed by atoms with Gasteiger partial charge in [0.25, 0.3) is 0 Å². The molecule has 0 aliphatic carbocycles. The van der Waals surface area contributed by atoms with Crippen molar-refractivity contribution in [3.8, 4) is 5.75 Å². The van der Waals surface area contributed by atoms with Crippen molar-refractivity contribution in [1.29, 1.82) is 0 Å². The molecule has 1 aromatic heterocycles. The number of nitrogens with two attached hydrogens (primary N) is 1. The lowest BCUT2D eigenvalue weighted by Crippen LogP contribution is -2.18. The zero-order valence-corrected chi connectivity index (χ0v) is 11.6. The summed E-state index contributed by atoms with van der Waals surface area (Å²) in [7, 11) is 0. The highest BCUT2D eigenvalue weighted by Crippen LogP contribution is 2.35. The summed E-state index contributed by atoms with van der Waals surface area (Å²) in [6.07, 6.45) is 2.88. The number of pyridine rings is 1. The molecular weight excluding hydrogens is 250 g/mol. The van der Waals surface area contributed by atoms with Crippen molar-refractivity contribution in [3.05, 3.63) is 48.3 Å². The molecule has 20 heavy (non-hydrogen) atoms. The van der Waals surface area contributed by atoms with E-state index in [1.807, 2.05) is 37.4 Å². The molecule has 2 N–H and O–H groups in total. The summed E-state index contributed by atoms with van der Waals surface area (Å²) in [5, 5.41) is 0. The average molecular weight is 269 g/mol. The Balaban J connectivity index is 1.97. The summed E-state index contributed by atoms with van der Waals surface area (Å²) >= 11 is 0. The van der Waals surface area contributed by atoms with E-state index in [4.69, 9.17) is 10.5 Å². The van der Waals surface area contributed by atoms with Gasteiger partial charge in [0.15, 0.2) is 0 Å². The first kappa shape index (κ1) is 12.9. The lowest BCUT2D eigenvalue weighted by molar-refractivity contribution is 0.322. The molecule has 4 heteroatoms. The topological polar surface area (TPSA) is 51.4 Å². The SMILES string of the molecule is CC(N)c1ccc(N2CCCOc3ccccc32)cn1. The third kappa shape index (κ3) is 2.47. The third-order valence-corrected chi connectivity index (χ3v) is 3.49. The van der Waals surface area contributed by atoms with E-state index in [0.717, 1.165) is 42.4 Å². The maximum Gasteiger partial charge on any atom is 0.142 e. The van der Waals surface area contributed by atoms with Crippen LogP contribution in [0.1, 0.15) is 25.1 Å². The molecule has 0 radical (unpaired) electrons. The van der Waals surface area contributed by atoms with Gasteiger partial charge < -0.3 is 15.4 Å². The van der Waals surface area contributed by atoms with Crippen LogP contribution in [0.4, 0.5) is 11.4 Å². The lowest BCUT2D eigenvalue weighted by Gasteiger charge is -2.23. The quantitative estimate of drug-likeness (QED) is 0.910. The molecular formula is C16H19N3O. The van der Waals surface area contributed by atoms with Crippen molar-refractivity contribution < 1.29 is 4.74 Å². The molecule has 0 amide bonds. The van der Waals surface area contributed by atoms with Gasteiger partial charge in [0, 0.05) is 12.6 Å². The predicted molar refractivity (Wildman–Crippen MR) is 80.4 cm³/mol. The van der Waals surface area contributed by atoms with Crippen LogP contribution in [-0.2, 0) is 0 Å². The maximum absolute atomic E-state index is 5.85. The van der Waals surface area contributed by atoms with Crippen molar-refractivity contribution in [2.75, 3.05) is 18.1 Å². The van der Waals surface area contributed by atoms with Gasteiger partial charge in [-0.15, -0.1) is 0 Å². The number of aromatic nitrogens is 1.